The van der Waals surface area contributed by atoms with Crippen LogP contribution in [0.1, 0.15) is 30.0 Å². The highest BCUT2D eigenvalue weighted by molar-refractivity contribution is 9.10. The van der Waals surface area contributed by atoms with Gasteiger partial charge in [0.25, 0.3) is 0 Å². The number of hydrogen-bond acceptors (Lipinski definition) is 3. The van der Waals surface area contributed by atoms with E-state index in [2.05, 4.69) is 21.2 Å². The van der Waals surface area contributed by atoms with Gasteiger partial charge >= 0.3 is 0 Å². The third-order valence-electron chi connectivity index (χ3n) is 5.45. The Labute approximate surface area is 215 Å². The fraction of sp³-hybridized carbons (Fsp3) is 0.286. The number of carbonyl (C=O) groups excluding carboxylic acids is 2. The second-order valence-corrected chi connectivity index (χ2v) is 10.2. The van der Waals surface area contributed by atoms with Gasteiger partial charge in [-0.25, -0.2) is 0 Å². The van der Waals surface area contributed by atoms with Crippen LogP contribution in [0.5, 0.6) is 0 Å². The summed E-state index contributed by atoms with van der Waals surface area (Å²) < 4.78 is 0.946. The summed E-state index contributed by atoms with van der Waals surface area (Å²) in [6.07, 6.45) is 1.30. The molecule has 6 heteroatoms. The molecule has 0 saturated carbocycles. The van der Waals surface area contributed by atoms with Crippen LogP contribution in [-0.4, -0.2) is 35.1 Å². The van der Waals surface area contributed by atoms with E-state index < -0.39 is 6.04 Å². The molecule has 0 heterocycles. The normalized spacial score (nSPS) is 11.6. The number of aryl methyl sites for hydroxylation is 1. The van der Waals surface area contributed by atoms with Crippen molar-refractivity contribution in [3.63, 3.8) is 0 Å². The Balaban J connectivity index is 1.88. The maximum Gasteiger partial charge on any atom is 0.243 e. The van der Waals surface area contributed by atoms with Gasteiger partial charge in [-0.15, -0.1) is 11.8 Å². The minimum atomic E-state index is -0.598. The Morgan fingerprint density at radius 2 is 1.68 bits per heavy atom. The predicted molar refractivity (Wildman–Crippen MR) is 144 cm³/mol. The summed E-state index contributed by atoms with van der Waals surface area (Å²) in [5.74, 6) is 0.0937. The van der Waals surface area contributed by atoms with Gasteiger partial charge in [-0.1, -0.05) is 83.0 Å². The van der Waals surface area contributed by atoms with Crippen LogP contribution in [0.25, 0.3) is 0 Å². The summed E-state index contributed by atoms with van der Waals surface area (Å²) in [7, 11) is 0. The summed E-state index contributed by atoms with van der Waals surface area (Å²) in [6.45, 7) is 5.02. The molecule has 0 saturated heterocycles. The number of nitrogens with zero attached hydrogens (tertiary/aromatic N) is 1. The van der Waals surface area contributed by atoms with E-state index in [0.717, 1.165) is 26.9 Å². The molecule has 3 aromatic rings. The van der Waals surface area contributed by atoms with E-state index in [1.807, 2.05) is 92.7 Å². The maximum atomic E-state index is 13.6. The number of hydrogen-bond donors (Lipinski definition) is 1. The predicted octanol–water partition coefficient (Wildman–Crippen LogP) is 6.02. The molecule has 0 aromatic heterocycles. The number of benzene rings is 3. The molecule has 178 valence electrons. The quantitative estimate of drug-likeness (QED) is 0.304. The van der Waals surface area contributed by atoms with Crippen LogP contribution in [0, 0.1) is 6.92 Å². The zero-order valence-corrected chi connectivity index (χ0v) is 22.1. The Hall–Kier alpha value is -2.57. The highest BCUT2D eigenvalue weighted by atomic mass is 79.9. The zero-order chi connectivity index (χ0) is 24.3. The highest BCUT2D eigenvalue weighted by Gasteiger charge is 2.30. The lowest BCUT2D eigenvalue weighted by Gasteiger charge is -2.31. The molecular formula is C28H31BrN2O2S. The minimum Gasteiger partial charge on any atom is -0.354 e. The third kappa shape index (κ3) is 8.03. The van der Waals surface area contributed by atoms with Gasteiger partial charge in [-0.05, 0) is 48.7 Å². The van der Waals surface area contributed by atoms with Crippen LogP contribution in [0.2, 0.25) is 0 Å². The van der Waals surface area contributed by atoms with E-state index in [-0.39, 0.29) is 17.6 Å². The van der Waals surface area contributed by atoms with Gasteiger partial charge in [0.2, 0.25) is 11.8 Å². The van der Waals surface area contributed by atoms with Gasteiger partial charge in [0.05, 0.1) is 5.75 Å². The van der Waals surface area contributed by atoms with Crippen molar-refractivity contribution in [1.82, 2.24) is 10.2 Å². The first-order valence-electron chi connectivity index (χ1n) is 11.5. The molecule has 0 bridgehead atoms. The summed E-state index contributed by atoms with van der Waals surface area (Å²) in [4.78, 5) is 29.7. The first-order chi connectivity index (χ1) is 16.5. The molecule has 3 aromatic carbocycles. The molecule has 34 heavy (non-hydrogen) atoms. The number of halogens is 1. The van der Waals surface area contributed by atoms with Crippen LogP contribution >= 0.6 is 27.7 Å². The van der Waals surface area contributed by atoms with Crippen molar-refractivity contribution in [2.75, 3.05) is 12.3 Å². The Morgan fingerprint density at radius 1 is 0.971 bits per heavy atom. The van der Waals surface area contributed by atoms with Crippen molar-refractivity contribution < 1.29 is 9.59 Å². The van der Waals surface area contributed by atoms with Gasteiger partial charge in [0, 0.05) is 28.9 Å². The van der Waals surface area contributed by atoms with Crippen molar-refractivity contribution in [2.45, 2.75) is 44.2 Å². The van der Waals surface area contributed by atoms with Crippen LogP contribution in [0.15, 0.2) is 88.2 Å². The standard InChI is InChI=1S/C28H31BrN2O2S/c1-3-16-30-28(33)26(18-22-8-5-4-6-9-22)31(19-23-10-7-11-24(29)17-23)27(32)20-34-25-14-12-21(2)13-15-25/h4-15,17,26H,3,16,18-20H2,1-2H3,(H,30,33)/t26-/m1/s1. The van der Waals surface area contributed by atoms with E-state index in [9.17, 15) is 9.59 Å². The second kappa shape index (κ2) is 13.4. The number of rotatable bonds is 11. The summed E-state index contributed by atoms with van der Waals surface area (Å²) in [5, 5.41) is 3.02. The number of nitrogens with one attached hydrogen (secondary N) is 1. The molecule has 0 aliphatic heterocycles. The van der Waals surface area contributed by atoms with Crippen LogP contribution in [0.3, 0.4) is 0 Å². The molecule has 0 unspecified atom stereocenters. The summed E-state index contributed by atoms with van der Waals surface area (Å²) >= 11 is 5.02. The lowest BCUT2D eigenvalue weighted by atomic mass is 10.0. The number of amides is 2. The average Bonchev–Trinajstić information content (AvgIpc) is 2.85. The zero-order valence-electron chi connectivity index (χ0n) is 19.7. The topological polar surface area (TPSA) is 49.4 Å². The second-order valence-electron chi connectivity index (χ2n) is 8.25. The fourth-order valence-electron chi connectivity index (χ4n) is 3.61. The lowest BCUT2D eigenvalue weighted by Crippen LogP contribution is -2.51. The molecule has 0 fully saturated rings. The molecule has 2 amide bonds. The van der Waals surface area contributed by atoms with Crippen molar-refractivity contribution in [3.05, 3.63) is 100 Å². The first-order valence-corrected chi connectivity index (χ1v) is 13.3. The average molecular weight is 540 g/mol. The summed E-state index contributed by atoms with van der Waals surface area (Å²) in [6, 6.07) is 25.3. The monoisotopic (exact) mass is 538 g/mol. The number of carbonyl (C=O) groups is 2. The van der Waals surface area contributed by atoms with E-state index in [1.165, 1.54) is 17.3 Å². The van der Waals surface area contributed by atoms with Crippen molar-refractivity contribution in [2.24, 2.45) is 0 Å². The van der Waals surface area contributed by atoms with Crippen molar-refractivity contribution in [3.8, 4) is 0 Å². The molecule has 0 radical (unpaired) electrons. The molecule has 3 rings (SSSR count). The van der Waals surface area contributed by atoms with E-state index >= 15 is 0 Å². The van der Waals surface area contributed by atoms with E-state index in [0.29, 0.717) is 19.5 Å². The first kappa shape index (κ1) is 26.0. The Bertz CT molecular complexity index is 1070. The van der Waals surface area contributed by atoms with Gasteiger partial charge < -0.3 is 10.2 Å². The smallest absolute Gasteiger partial charge is 0.243 e. The van der Waals surface area contributed by atoms with E-state index in [1.54, 1.807) is 4.90 Å². The minimum absolute atomic E-state index is 0.0573. The van der Waals surface area contributed by atoms with Crippen LogP contribution in [0.4, 0.5) is 0 Å². The molecule has 0 spiro atoms. The Morgan fingerprint density at radius 3 is 2.35 bits per heavy atom. The number of thioether (sulfide) groups is 1. The molecule has 0 aliphatic rings. The molecule has 0 aliphatic carbocycles. The fourth-order valence-corrected chi connectivity index (χ4v) is 4.85. The lowest BCUT2D eigenvalue weighted by molar-refractivity contribution is -0.139. The SMILES string of the molecule is CCCNC(=O)[C@@H](Cc1ccccc1)N(Cc1cccc(Br)c1)C(=O)CSc1ccc(C)cc1. The molecule has 1 atom stereocenters. The highest BCUT2D eigenvalue weighted by Crippen LogP contribution is 2.22. The van der Waals surface area contributed by atoms with Gasteiger partial charge in [0.1, 0.15) is 6.04 Å². The van der Waals surface area contributed by atoms with Crippen LogP contribution in [-0.2, 0) is 22.6 Å². The molecule has 4 nitrogen and oxygen atoms in total. The van der Waals surface area contributed by atoms with Crippen molar-refractivity contribution in [1.29, 1.82) is 0 Å². The maximum absolute atomic E-state index is 13.6. The molecule has 1 N–H and O–H groups in total. The largest absolute Gasteiger partial charge is 0.354 e. The van der Waals surface area contributed by atoms with Gasteiger partial charge in [-0.3, -0.25) is 9.59 Å². The van der Waals surface area contributed by atoms with Crippen LogP contribution < -0.4 is 5.32 Å². The third-order valence-corrected chi connectivity index (χ3v) is 6.94. The van der Waals surface area contributed by atoms with Gasteiger partial charge in [0.15, 0.2) is 0 Å². The van der Waals surface area contributed by atoms with E-state index in [4.69, 9.17) is 0 Å². The Kier molecular flexibility index (Phi) is 10.2. The summed E-state index contributed by atoms with van der Waals surface area (Å²) in [5.41, 5.74) is 3.18. The van der Waals surface area contributed by atoms with Gasteiger partial charge in [-0.2, -0.15) is 0 Å². The van der Waals surface area contributed by atoms with Crippen molar-refractivity contribution >= 4 is 39.5 Å². The molecular weight excluding hydrogens is 508 g/mol.